The standard InChI is InChI=1S/C20H32N6.HI/c1-4-21-19(23-15-20(10-7-11-20)14-16(2)3)22-12-9-18-25-24-17-8-5-6-13-26(17)18;/h5-6,8,13,16H,4,7,9-12,14-15H2,1-3H3,(H2,21,22,23);1H. The number of guanidine groups is 1. The van der Waals surface area contributed by atoms with E-state index in [1.807, 2.05) is 28.8 Å². The summed E-state index contributed by atoms with van der Waals surface area (Å²) in [5.41, 5.74) is 1.32. The summed E-state index contributed by atoms with van der Waals surface area (Å²) in [6, 6.07) is 5.96. The number of fused-ring (bicyclic) bond motifs is 1. The lowest BCUT2D eigenvalue weighted by Gasteiger charge is -2.42. The van der Waals surface area contributed by atoms with Crippen LogP contribution in [0.3, 0.4) is 0 Å². The first-order valence-electron chi connectivity index (χ1n) is 9.93. The van der Waals surface area contributed by atoms with E-state index in [9.17, 15) is 0 Å². The normalized spacial score (nSPS) is 16.1. The van der Waals surface area contributed by atoms with Crippen molar-refractivity contribution in [2.75, 3.05) is 19.6 Å². The number of hydrogen-bond donors (Lipinski definition) is 2. The molecule has 1 aliphatic carbocycles. The SMILES string of the molecule is CCNC(=NCC1(CC(C)C)CCC1)NCCc1nnc2ccccn12.I. The fourth-order valence-electron chi connectivity index (χ4n) is 3.91. The third-order valence-electron chi connectivity index (χ3n) is 5.20. The molecular formula is C20H33IN6. The lowest BCUT2D eigenvalue weighted by Crippen LogP contribution is -2.41. The summed E-state index contributed by atoms with van der Waals surface area (Å²) in [5.74, 6) is 2.62. The first-order chi connectivity index (χ1) is 12.6. The number of nitrogens with one attached hydrogen (secondary N) is 2. The van der Waals surface area contributed by atoms with E-state index < -0.39 is 0 Å². The smallest absolute Gasteiger partial charge is 0.191 e. The third kappa shape index (κ3) is 5.80. The zero-order chi connectivity index (χ0) is 18.4. The molecule has 3 rings (SSSR count). The molecule has 0 bridgehead atoms. The molecule has 2 heterocycles. The molecule has 0 unspecified atom stereocenters. The molecular weight excluding hydrogens is 451 g/mol. The fourth-order valence-corrected chi connectivity index (χ4v) is 3.91. The number of nitrogens with zero attached hydrogens (tertiary/aromatic N) is 4. The molecule has 0 radical (unpaired) electrons. The second kappa shape index (κ2) is 10.2. The Bertz CT molecular complexity index is 735. The van der Waals surface area contributed by atoms with Gasteiger partial charge in [0, 0.05) is 32.3 Å². The number of aromatic nitrogens is 3. The number of rotatable bonds is 8. The molecule has 1 saturated carbocycles. The molecule has 0 atom stereocenters. The van der Waals surface area contributed by atoms with Crippen molar-refractivity contribution < 1.29 is 0 Å². The van der Waals surface area contributed by atoms with Crippen LogP contribution >= 0.6 is 24.0 Å². The highest BCUT2D eigenvalue weighted by molar-refractivity contribution is 14.0. The second-order valence-electron chi connectivity index (χ2n) is 7.87. The van der Waals surface area contributed by atoms with Crippen molar-refractivity contribution in [2.45, 2.75) is 52.9 Å². The highest BCUT2D eigenvalue weighted by atomic mass is 127. The van der Waals surface area contributed by atoms with E-state index in [0.717, 1.165) is 49.4 Å². The molecule has 27 heavy (non-hydrogen) atoms. The van der Waals surface area contributed by atoms with Crippen LogP contribution in [0.5, 0.6) is 0 Å². The summed E-state index contributed by atoms with van der Waals surface area (Å²) in [7, 11) is 0. The molecule has 7 heteroatoms. The summed E-state index contributed by atoms with van der Waals surface area (Å²) in [6.45, 7) is 9.33. The van der Waals surface area contributed by atoms with Crippen molar-refractivity contribution in [1.29, 1.82) is 0 Å². The highest BCUT2D eigenvalue weighted by Gasteiger charge is 2.37. The number of hydrogen-bond acceptors (Lipinski definition) is 3. The van der Waals surface area contributed by atoms with Crippen molar-refractivity contribution in [3.05, 3.63) is 30.2 Å². The van der Waals surface area contributed by atoms with E-state index in [2.05, 4.69) is 41.6 Å². The van der Waals surface area contributed by atoms with E-state index in [-0.39, 0.29) is 24.0 Å². The molecule has 1 fully saturated rings. The van der Waals surface area contributed by atoms with Gasteiger partial charge >= 0.3 is 0 Å². The van der Waals surface area contributed by atoms with Crippen molar-refractivity contribution in [3.63, 3.8) is 0 Å². The van der Waals surface area contributed by atoms with Gasteiger partial charge in [0.2, 0.25) is 0 Å². The van der Waals surface area contributed by atoms with Crippen LogP contribution in [-0.2, 0) is 6.42 Å². The maximum atomic E-state index is 4.89. The Hall–Kier alpha value is -1.38. The minimum Gasteiger partial charge on any atom is -0.357 e. The van der Waals surface area contributed by atoms with E-state index in [4.69, 9.17) is 4.99 Å². The minimum atomic E-state index is 0. The van der Waals surface area contributed by atoms with Crippen molar-refractivity contribution in [2.24, 2.45) is 16.3 Å². The first kappa shape index (κ1) is 21.9. The van der Waals surface area contributed by atoms with Crippen LogP contribution in [0, 0.1) is 11.3 Å². The maximum Gasteiger partial charge on any atom is 0.191 e. The molecule has 0 aliphatic heterocycles. The van der Waals surface area contributed by atoms with E-state index in [1.54, 1.807) is 0 Å². The van der Waals surface area contributed by atoms with Gasteiger partial charge in [0.1, 0.15) is 5.82 Å². The largest absolute Gasteiger partial charge is 0.357 e. The fraction of sp³-hybridized carbons (Fsp3) is 0.650. The molecule has 2 aromatic heterocycles. The number of halogens is 1. The van der Waals surface area contributed by atoms with Crippen LogP contribution in [0.4, 0.5) is 0 Å². The Balaban J connectivity index is 0.00000261. The zero-order valence-electron chi connectivity index (χ0n) is 16.7. The predicted molar refractivity (Wildman–Crippen MR) is 122 cm³/mol. The molecule has 0 amide bonds. The van der Waals surface area contributed by atoms with Gasteiger partial charge in [-0.1, -0.05) is 26.3 Å². The zero-order valence-corrected chi connectivity index (χ0v) is 19.1. The predicted octanol–water partition coefficient (Wildman–Crippen LogP) is 3.66. The van der Waals surface area contributed by atoms with Gasteiger partial charge in [-0.2, -0.15) is 0 Å². The van der Waals surface area contributed by atoms with Gasteiger partial charge in [-0.3, -0.25) is 9.39 Å². The van der Waals surface area contributed by atoms with E-state index in [0.29, 0.717) is 5.41 Å². The molecule has 0 aromatic carbocycles. The van der Waals surface area contributed by atoms with E-state index >= 15 is 0 Å². The van der Waals surface area contributed by atoms with Crippen molar-refractivity contribution in [3.8, 4) is 0 Å². The molecule has 1 aliphatic rings. The molecule has 0 spiro atoms. The van der Waals surface area contributed by atoms with Crippen LogP contribution in [-0.4, -0.2) is 40.2 Å². The van der Waals surface area contributed by atoms with Crippen LogP contribution in [0.2, 0.25) is 0 Å². The Morgan fingerprint density at radius 3 is 2.74 bits per heavy atom. The van der Waals surface area contributed by atoms with Gasteiger partial charge in [-0.05, 0) is 49.7 Å². The summed E-state index contributed by atoms with van der Waals surface area (Å²) < 4.78 is 2.04. The lowest BCUT2D eigenvalue weighted by atomic mass is 9.64. The average molecular weight is 484 g/mol. The number of pyridine rings is 1. The van der Waals surface area contributed by atoms with Gasteiger partial charge < -0.3 is 10.6 Å². The quantitative estimate of drug-likeness (QED) is 0.341. The monoisotopic (exact) mass is 484 g/mol. The topological polar surface area (TPSA) is 66.6 Å². The number of aliphatic imine (C=N–C) groups is 1. The Kier molecular flexibility index (Phi) is 8.31. The summed E-state index contributed by atoms with van der Waals surface area (Å²) in [6.07, 6.45) is 8.09. The van der Waals surface area contributed by atoms with Gasteiger partial charge in [0.05, 0.1) is 0 Å². The highest BCUT2D eigenvalue weighted by Crippen LogP contribution is 2.46. The Morgan fingerprint density at radius 2 is 2.07 bits per heavy atom. The average Bonchev–Trinajstić information content (AvgIpc) is 3.00. The summed E-state index contributed by atoms with van der Waals surface area (Å²) >= 11 is 0. The summed E-state index contributed by atoms with van der Waals surface area (Å²) in [4.78, 5) is 4.89. The van der Waals surface area contributed by atoms with Crippen LogP contribution in [0.25, 0.3) is 5.65 Å². The first-order valence-corrected chi connectivity index (χ1v) is 9.93. The minimum absolute atomic E-state index is 0. The van der Waals surface area contributed by atoms with Crippen molar-refractivity contribution in [1.82, 2.24) is 25.2 Å². The van der Waals surface area contributed by atoms with Crippen LogP contribution in [0.15, 0.2) is 29.4 Å². The van der Waals surface area contributed by atoms with Gasteiger partial charge in [0.25, 0.3) is 0 Å². The van der Waals surface area contributed by atoms with Gasteiger partial charge in [-0.15, -0.1) is 34.2 Å². The van der Waals surface area contributed by atoms with E-state index in [1.165, 1.54) is 25.7 Å². The molecule has 2 N–H and O–H groups in total. The second-order valence-corrected chi connectivity index (χ2v) is 7.87. The molecule has 6 nitrogen and oxygen atoms in total. The Morgan fingerprint density at radius 1 is 1.26 bits per heavy atom. The van der Waals surface area contributed by atoms with Crippen LogP contribution < -0.4 is 10.6 Å². The Labute approximate surface area is 179 Å². The molecule has 150 valence electrons. The maximum absolute atomic E-state index is 4.89. The molecule has 0 saturated heterocycles. The van der Waals surface area contributed by atoms with Gasteiger partial charge in [0.15, 0.2) is 11.6 Å². The van der Waals surface area contributed by atoms with Crippen LogP contribution in [0.1, 0.15) is 52.3 Å². The lowest BCUT2D eigenvalue weighted by molar-refractivity contribution is 0.111. The summed E-state index contributed by atoms with van der Waals surface area (Å²) in [5, 5.41) is 15.3. The molecule has 2 aromatic rings. The third-order valence-corrected chi connectivity index (χ3v) is 5.20. The van der Waals surface area contributed by atoms with Crippen molar-refractivity contribution >= 4 is 35.6 Å². The van der Waals surface area contributed by atoms with Gasteiger partial charge in [-0.25, -0.2) is 0 Å².